The standard InChI is InChI=1S/C10H22N4.H2S/c11-10(12)13-6-9-14-7-4-2-1-3-5-8-14;/h1-9H2,(H4,11,12,13);1H2. The van der Waals surface area contributed by atoms with Gasteiger partial charge in [0.15, 0.2) is 5.96 Å². The summed E-state index contributed by atoms with van der Waals surface area (Å²) in [5.74, 6) is 0.0806. The van der Waals surface area contributed by atoms with Crippen LogP contribution in [0.2, 0.25) is 0 Å². The molecule has 0 atom stereocenters. The lowest BCUT2D eigenvalue weighted by atomic mass is 10.1. The Morgan fingerprint density at radius 3 is 2.20 bits per heavy atom. The molecule has 4 nitrogen and oxygen atoms in total. The second-order valence-corrected chi connectivity index (χ2v) is 3.95. The fourth-order valence-electron chi connectivity index (χ4n) is 1.89. The lowest BCUT2D eigenvalue weighted by molar-refractivity contribution is 0.251. The van der Waals surface area contributed by atoms with E-state index in [1.807, 2.05) is 0 Å². The topological polar surface area (TPSA) is 65.1 Å². The van der Waals surface area contributed by atoms with Crippen LogP contribution in [0.15, 0.2) is 0 Å². The zero-order valence-electron chi connectivity index (χ0n) is 9.39. The van der Waals surface area contributed by atoms with E-state index in [2.05, 4.69) is 10.2 Å². The minimum Gasteiger partial charge on any atom is -0.370 e. The van der Waals surface area contributed by atoms with Crippen LogP contribution < -0.4 is 11.1 Å². The number of nitrogens with one attached hydrogen (secondary N) is 2. The predicted octanol–water partition coefficient (Wildman–Crippen LogP) is 0.848. The maximum absolute atomic E-state index is 7.04. The molecule has 1 saturated heterocycles. The lowest BCUT2D eigenvalue weighted by Crippen LogP contribution is -2.38. The van der Waals surface area contributed by atoms with E-state index in [1.165, 1.54) is 45.2 Å². The molecule has 1 heterocycles. The van der Waals surface area contributed by atoms with Crippen LogP contribution >= 0.6 is 13.5 Å². The Morgan fingerprint density at radius 1 is 1.13 bits per heavy atom. The van der Waals surface area contributed by atoms with Gasteiger partial charge in [-0.05, 0) is 25.9 Å². The van der Waals surface area contributed by atoms with Crippen LogP contribution in [0.5, 0.6) is 0 Å². The zero-order valence-corrected chi connectivity index (χ0v) is 10.4. The van der Waals surface area contributed by atoms with Gasteiger partial charge >= 0.3 is 0 Å². The molecule has 1 aliphatic heterocycles. The third-order valence-corrected chi connectivity index (χ3v) is 2.69. The van der Waals surface area contributed by atoms with Gasteiger partial charge in [0.25, 0.3) is 0 Å². The van der Waals surface area contributed by atoms with Crippen molar-refractivity contribution in [3.8, 4) is 0 Å². The summed E-state index contributed by atoms with van der Waals surface area (Å²) in [5, 5.41) is 9.89. The number of nitrogens with zero attached hydrogens (tertiary/aromatic N) is 1. The fraction of sp³-hybridized carbons (Fsp3) is 0.900. The molecule has 90 valence electrons. The van der Waals surface area contributed by atoms with Gasteiger partial charge in [0.2, 0.25) is 0 Å². The Bertz CT molecular complexity index is 167. The average molecular weight is 232 g/mol. The summed E-state index contributed by atoms with van der Waals surface area (Å²) in [6.45, 7) is 4.23. The van der Waals surface area contributed by atoms with Crippen molar-refractivity contribution in [3.63, 3.8) is 0 Å². The second-order valence-electron chi connectivity index (χ2n) is 3.95. The monoisotopic (exact) mass is 232 g/mol. The number of rotatable bonds is 3. The number of hydrogen-bond donors (Lipinski definition) is 3. The minimum absolute atomic E-state index is 0. The number of likely N-dealkylation sites (tertiary alicyclic amines) is 1. The Labute approximate surface area is 99.5 Å². The average Bonchev–Trinajstić information content (AvgIpc) is 2.07. The van der Waals surface area contributed by atoms with Gasteiger partial charge in [-0.15, -0.1) is 0 Å². The molecule has 4 N–H and O–H groups in total. The first-order chi connectivity index (χ1) is 6.79. The van der Waals surface area contributed by atoms with Crippen molar-refractivity contribution in [3.05, 3.63) is 0 Å². The van der Waals surface area contributed by atoms with Crippen molar-refractivity contribution in [1.29, 1.82) is 5.41 Å². The Kier molecular flexibility index (Phi) is 8.61. The van der Waals surface area contributed by atoms with Crippen LogP contribution in [0.1, 0.15) is 32.1 Å². The summed E-state index contributed by atoms with van der Waals surface area (Å²) in [6.07, 6.45) is 6.78. The van der Waals surface area contributed by atoms with Gasteiger partial charge in [0, 0.05) is 13.1 Å². The van der Waals surface area contributed by atoms with Gasteiger partial charge in [-0.1, -0.05) is 19.3 Å². The molecular weight excluding hydrogens is 208 g/mol. The summed E-state index contributed by atoms with van der Waals surface area (Å²) in [5.41, 5.74) is 5.22. The highest BCUT2D eigenvalue weighted by molar-refractivity contribution is 7.59. The normalized spacial score (nSPS) is 18.4. The van der Waals surface area contributed by atoms with E-state index in [0.717, 1.165) is 13.1 Å². The van der Waals surface area contributed by atoms with Crippen LogP contribution in [0.25, 0.3) is 0 Å². The molecule has 0 aliphatic carbocycles. The molecule has 0 saturated carbocycles. The molecule has 1 rings (SSSR count). The van der Waals surface area contributed by atoms with Gasteiger partial charge in [0.1, 0.15) is 0 Å². The van der Waals surface area contributed by atoms with Gasteiger partial charge in [-0.25, -0.2) is 0 Å². The van der Waals surface area contributed by atoms with E-state index < -0.39 is 0 Å². The second kappa shape index (κ2) is 8.85. The Hall–Kier alpha value is -0.420. The summed E-state index contributed by atoms with van der Waals surface area (Å²) in [7, 11) is 0. The number of nitrogens with two attached hydrogens (primary N) is 1. The van der Waals surface area contributed by atoms with E-state index in [4.69, 9.17) is 11.1 Å². The van der Waals surface area contributed by atoms with Gasteiger partial charge in [-0.2, -0.15) is 13.5 Å². The first-order valence-electron chi connectivity index (χ1n) is 5.59. The lowest BCUT2D eigenvalue weighted by Gasteiger charge is -2.24. The van der Waals surface area contributed by atoms with Crippen LogP contribution in [0.4, 0.5) is 0 Å². The molecule has 1 aliphatic rings. The maximum atomic E-state index is 7.04. The van der Waals surface area contributed by atoms with E-state index in [-0.39, 0.29) is 19.5 Å². The molecule has 1 fully saturated rings. The molecule has 15 heavy (non-hydrogen) atoms. The predicted molar refractivity (Wildman–Crippen MR) is 69.8 cm³/mol. The Morgan fingerprint density at radius 2 is 1.67 bits per heavy atom. The summed E-state index contributed by atoms with van der Waals surface area (Å²) in [6, 6.07) is 0. The van der Waals surface area contributed by atoms with Crippen LogP contribution in [-0.4, -0.2) is 37.0 Å². The van der Waals surface area contributed by atoms with Crippen molar-refractivity contribution < 1.29 is 0 Å². The highest BCUT2D eigenvalue weighted by Gasteiger charge is 2.06. The SMILES string of the molecule is N=C(N)NCCN1CCCCCCC1.S. The molecule has 0 spiro atoms. The molecular formula is C10H24N4S. The van der Waals surface area contributed by atoms with Crippen molar-refractivity contribution in [2.24, 2.45) is 5.73 Å². The highest BCUT2D eigenvalue weighted by atomic mass is 32.1. The fourth-order valence-corrected chi connectivity index (χ4v) is 1.89. The number of hydrogen-bond acceptors (Lipinski definition) is 2. The van der Waals surface area contributed by atoms with Crippen LogP contribution in [0, 0.1) is 5.41 Å². The van der Waals surface area contributed by atoms with Crippen molar-refractivity contribution >= 4 is 19.5 Å². The first-order valence-corrected chi connectivity index (χ1v) is 5.59. The van der Waals surface area contributed by atoms with E-state index in [1.54, 1.807) is 0 Å². The maximum Gasteiger partial charge on any atom is 0.185 e. The van der Waals surface area contributed by atoms with Gasteiger partial charge < -0.3 is 16.0 Å². The molecule has 0 amide bonds. The zero-order chi connectivity index (χ0) is 10.2. The van der Waals surface area contributed by atoms with Gasteiger partial charge in [0.05, 0.1) is 0 Å². The summed E-state index contributed by atoms with van der Waals surface area (Å²) in [4.78, 5) is 2.47. The Balaban J connectivity index is 0.00000196. The van der Waals surface area contributed by atoms with Gasteiger partial charge in [-0.3, -0.25) is 5.41 Å². The molecule has 0 bridgehead atoms. The molecule has 0 aromatic heterocycles. The summed E-state index contributed by atoms with van der Waals surface area (Å²) >= 11 is 0. The van der Waals surface area contributed by atoms with E-state index >= 15 is 0 Å². The van der Waals surface area contributed by atoms with Crippen molar-refractivity contribution in [1.82, 2.24) is 10.2 Å². The molecule has 0 unspecified atom stereocenters. The summed E-state index contributed by atoms with van der Waals surface area (Å²) < 4.78 is 0. The van der Waals surface area contributed by atoms with Crippen molar-refractivity contribution in [2.45, 2.75) is 32.1 Å². The third kappa shape index (κ3) is 7.50. The van der Waals surface area contributed by atoms with E-state index in [9.17, 15) is 0 Å². The third-order valence-electron chi connectivity index (χ3n) is 2.69. The van der Waals surface area contributed by atoms with E-state index in [0.29, 0.717) is 0 Å². The first kappa shape index (κ1) is 14.6. The highest BCUT2D eigenvalue weighted by Crippen LogP contribution is 2.09. The molecule has 0 aromatic carbocycles. The molecule has 5 heteroatoms. The smallest absolute Gasteiger partial charge is 0.185 e. The van der Waals surface area contributed by atoms with Crippen LogP contribution in [0.3, 0.4) is 0 Å². The minimum atomic E-state index is 0. The van der Waals surface area contributed by atoms with Crippen molar-refractivity contribution in [2.75, 3.05) is 26.2 Å². The molecule has 0 aromatic rings. The molecule has 0 radical (unpaired) electrons. The largest absolute Gasteiger partial charge is 0.370 e. The number of guanidine groups is 1. The van der Waals surface area contributed by atoms with Crippen LogP contribution in [-0.2, 0) is 0 Å². The quantitative estimate of drug-likeness (QED) is 0.499.